The van der Waals surface area contributed by atoms with E-state index in [2.05, 4.69) is 0 Å². The van der Waals surface area contributed by atoms with Gasteiger partial charge in [0.2, 0.25) is 10.0 Å². The van der Waals surface area contributed by atoms with Crippen LogP contribution in [0.3, 0.4) is 0 Å². The van der Waals surface area contributed by atoms with E-state index in [-0.39, 0.29) is 12.2 Å². The lowest BCUT2D eigenvalue weighted by molar-refractivity contribution is -0.419. The van der Waals surface area contributed by atoms with E-state index < -0.39 is 21.2 Å². The van der Waals surface area contributed by atoms with Gasteiger partial charge in [-0.1, -0.05) is 24.3 Å². The Bertz CT molecular complexity index is 654. The van der Waals surface area contributed by atoms with Gasteiger partial charge in [0.15, 0.2) is 0 Å². The minimum Gasteiger partial charge on any atom is -0.229 e. The van der Waals surface area contributed by atoms with Gasteiger partial charge in [-0.25, -0.2) is 23.3 Å². The molecular weight excluding hydrogens is 266 g/mol. The van der Waals surface area contributed by atoms with Crippen LogP contribution in [0.5, 0.6) is 0 Å². The van der Waals surface area contributed by atoms with E-state index >= 15 is 0 Å². The Hall–Kier alpha value is -1.21. The van der Waals surface area contributed by atoms with Crippen LogP contribution in [0.2, 0.25) is 0 Å². The Morgan fingerprint density at radius 2 is 1.84 bits per heavy atom. The number of hydrogen-bond acceptors (Lipinski definition) is 4. The van der Waals surface area contributed by atoms with Crippen LogP contribution in [0.15, 0.2) is 36.4 Å². The first-order valence-electron chi connectivity index (χ1n) is 6.02. The van der Waals surface area contributed by atoms with Gasteiger partial charge >= 0.3 is 0 Å². The molecule has 102 valence electrons. The van der Waals surface area contributed by atoms with Crippen molar-refractivity contribution in [2.24, 2.45) is 5.14 Å². The molecule has 2 aliphatic heterocycles. The first kappa shape index (κ1) is 12.8. The summed E-state index contributed by atoms with van der Waals surface area (Å²) in [6.07, 6.45) is 4.00. The van der Waals surface area contributed by atoms with Gasteiger partial charge in [-0.05, 0) is 30.2 Å². The van der Waals surface area contributed by atoms with Gasteiger partial charge in [-0.3, -0.25) is 0 Å². The number of sulfonamides is 1. The maximum absolute atomic E-state index is 11.2. The number of fused-ring (bicyclic) bond motifs is 1. The van der Waals surface area contributed by atoms with Crippen molar-refractivity contribution in [1.82, 2.24) is 0 Å². The molecule has 19 heavy (non-hydrogen) atoms. The summed E-state index contributed by atoms with van der Waals surface area (Å²) in [7, 11) is -3.54. The van der Waals surface area contributed by atoms with Crippen LogP contribution in [0.4, 0.5) is 0 Å². The highest BCUT2D eigenvalue weighted by atomic mass is 32.2. The van der Waals surface area contributed by atoms with E-state index in [9.17, 15) is 8.42 Å². The van der Waals surface area contributed by atoms with Crippen molar-refractivity contribution in [3.05, 3.63) is 47.5 Å². The molecule has 5 nitrogen and oxygen atoms in total. The van der Waals surface area contributed by atoms with Crippen molar-refractivity contribution in [2.75, 3.05) is 5.75 Å². The number of rotatable bonds is 3. The van der Waals surface area contributed by atoms with Crippen LogP contribution in [0, 0.1) is 0 Å². The quantitative estimate of drug-likeness (QED) is 0.669. The van der Waals surface area contributed by atoms with Crippen molar-refractivity contribution >= 4 is 10.0 Å². The zero-order valence-corrected chi connectivity index (χ0v) is 11.3. The molecule has 1 aromatic rings. The Kier molecular flexibility index (Phi) is 2.62. The number of benzene rings is 1. The minimum absolute atomic E-state index is 0.161. The molecule has 0 saturated carbocycles. The van der Waals surface area contributed by atoms with Crippen molar-refractivity contribution in [1.29, 1.82) is 0 Å². The molecule has 2 atom stereocenters. The lowest BCUT2D eigenvalue weighted by atomic mass is 9.75. The third-order valence-corrected chi connectivity index (χ3v) is 4.48. The second kappa shape index (κ2) is 3.89. The van der Waals surface area contributed by atoms with Gasteiger partial charge in [-0.2, -0.15) is 0 Å². The Labute approximate surface area is 112 Å². The molecular formula is C13H15NO4S. The second-order valence-electron chi connectivity index (χ2n) is 5.16. The van der Waals surface area contributed by atoms with E-state index in [1.165, 1.54) is 0 Å². The summed E-state index contributed by atoms with van der Waals surface area (Å²) in [6, 6.07) is 7.73. The van der Waals surface area contributed by atoms with Crippen LogP contribution < -0.4 is 5.14 Å². The molecule has 4 rings (SSSR count). The largest absolute Gasteiger partial charge is 0.229 e. The maximum Gasteiger partial charge on any atom is 0.209 e. The first-order valence-corrected chi connectivity index (χ1v) is 7.74. The summed E-state index contributed by atoms with van der Waals surface area (Å²) in [4.78, 5) is 10.9. The molecule has 2 bridgehead atoms. The molecule has 0 saturated heterocycles. The molecule has 0 spiro atoms. The highest BCUT2D eigenvalue weighted by molar-refractivity contribution is 7.89. The molecule has 0 radical (unpaired) electrons. The monoisotopic (exact) mass is 281 g/mol. The van der Waals surface area contributed by atoms with Gasteiger partial charge in [0.1, 0.15) is 11.2 Å². The summed E-state index contributed by atoms with van der Waals surface area (Å²) in [5, 5.41) is 5.08. The highest BCUT2D eigenvalue weighted by Gasteiger charge is 2.49. The number of primary sulfonamides is 1. The standard InChI is InChI=1S/C13H15NO4S/c1-12-6-7-13(18-17-12,8-9-19(14,15)16)11-5-3-2-4-10(11)12/h2-7H,8-9H2,1H3,(H2,14,15,16). The average molecular weight is 281 g/mol. The van der Waals surface area contributed by atoms with Gasteiger partial charge in [0, 0.05) is 6.42 Å². The fourth-order valence-electron chi connectivity index (χ4n) is 2.62. The highest BCUT2D eigenvalue weighted by Crippen LogP contribution is 2.50. The lowest BCUT2D eigenvalue weighted by Crippen LogP contribution is -2.46. The normalized spacial score (nSPS) is 32.3. The van der Waals surface area contributed by atoms with E-state index in [1.807, 2.05) is 43.3 Å². The minimum atomic E-state index is -3.54. The molecule has 1 aliphatic carbocycles. The summed E-state index contributed by atoms with van der Waals surface area (Å²) in [5.41, 5.74) is 0.467. The number of hydrogen-bond donors (Lipinski definition) is 1. The first-order chi connectivity index (χ1) is 8.85. The fraction of sp³-hybridized carbons (Fsp3) is 0.385. The molecule has 2 unspecified atom stereocenters. The molecule has 1 aromatic carbocycles. The van der Waals surface area contributed by atoms with Crippen LogP contribution in [-0.2, 0) is 31.0 Å². The van der Waals surface area contributed by atoms with E-state index in [0.29, 0.717) is 0 Å². The van der Waals surface area contributed by atoms with Gasteiger partial charge in [0.25, 0.3) is 0 Å². The topological polar surface area (TPSA) is 78.6 Å². The molecule has 0 fully saturated rings. The van der Waals surface area contributed by atoms with Crippen molar-refractivity contribution in [2.45, 2.75) is 24.5 Å². The Morgan fingerprint density at radius 3 is 2.42 bits per heavy atom. The number of nitrogens with two attached hydrogens (primary N) is 1. The van der Waals surface area contributed by atoms with Gasteiger partial charge < -0.3 is 0 Å². The summed E-state index contributed by atoms with van der Waals surface area (Å²) < 4.78 is 22.4. The van der Waals surface area contributed by atoms with Crippen molar-refractivity contribution in [3.8, 4) is 0 Å². The van der Waals surface area contributed by atoms with Crippen molar-refractivity contribution < 1.29 is 18.2 Å². The summed E-state index contributed by atoms with van der Waals surface area (Å²) in [5.74, 6) is -0.161. The van der Waals surface area contributed by atoms with Crippen LogP contribution in [0.1, 0.15) is 24.5 Å². The molecule has 6 heteroatoms. The van der Waals surface area contributed by atoms with E-state index in [1.54, 1.807) is 0 Å². The Morgan fingerprint density at radius 1 is 1.16 bits per heavy atom. The Balaban J connectivity index is 2.05. The summed E-state index contributed by atoms with van der Waals surface area (Å²) in [6.45, 7) is 1.91. The van der Waals surface area contributed by atoms with E-state index in [4.69, 9.17) is 14.9 Å². The van der Waals surface area contributed by atoms with Crippen LogP contribution >= 0.6 is 0 Å². The lowest BCUT2D eigenvalue weighted by Gasteiger charge is -2.46. The molecule has 0 aromatic heterocycles. The van der Waals surface area contributed by atoms with Gasteiger partial charge in [0.05, 0.1) is 5.75 Å². The van der Waals surface area contributed by atoms with Crippen LogP contribution in [0.25, 0.3) is 0 Å². The SMILES string of the molecule is CC12C=CC(CCS(N)(=O)=O)(OO1)c1ccccc12. The third kappa shape index (κ3) is 2.01. The second-order valence-corrected chi connectivity index (χ2v) is 6.89. The predicted molar refractivity (Wildman–Crippen MR) is 69.4 cm³/mol. The summed E-state index contributed by atoms with van der Waals surface area (Å²) >= 11 is 0. The molecule has 2 N–H and O–H groups in total. The van der Waals surface area contributed by atoms with Gasteiger partial charge in [-0.15, -0.1) is 0 Å². The molecule has 2 heterocycles. The third-order valence-electron chi connectivity index (χ3n) is 3.71. The van der Waals surface area contributed by atoms with Crippen LogP contribution in [-0.4, -0.2) is 14.2 Å². The zero-order valence-electron chi connectivity index (χ0n) is 10.5. The average Bonchev–Trinajstić information content (AvgIpc) is 2.38. The zero-order chi connectivity index (χ0) is 13.7. The predicted octanol–water partition coefficient (Wildman–Crippen LogP) is 1.31. The smallest absolute Gasteiger partial charge is 0.209 e. The van der Waals surface area contributed by atoms with E-state index in [0.717, 1.165) is 11.1 Å². The molecule has 0 amide bonds. The maximum atomic E-state index is 11.2. The van der Waals surface area contributed by atoms with Crippen molar-refractivity contribution in [3.63, 3.8) is 0 Å². The fourth-order valence-corrected chi connectivity index (χ4v) is 3.21. The molecule has 3 aliphatic rings.